The molecule has 0 fully saturated rings. The van der Waals surface area contributed by atoms with Gasteiger partial charge in [-0.2, -0.15) is 0 Å². The Balaban J connectivity index is 2.18. The van der Waals surface area contributed by atoms with Gasteiger partial charge in [-0.1, -0.05) is 38.3 Å². The average Bonchev–Trinajstić information content (AvgIpc) is 2.55. The van der Waals surface area contributed by atoms with Crippen molar-refractivity contribution in [3.05, 3.63) is 35.4 Å². The van der Waals surface area contributed by atoms with Gasteiger partial charge in [0.05, 0.1) is 0 Å². The largest absolute Gasteiger partial charge is 0.465 e. The summed E-state index contributed by atoms with van der Waals surface area (Å²) in [6.45, 7) is 4.77. The molecule has 2 amide bonds. The van der Waals surface area contributed by atoms with Crippen molar-refractivity contribution in [2.75, 3.05) is 19.6 Å². The maximum Gasteiger partial charge on any atom is 0.404 e. The van der Waals surface area contributed by atoms with Crippen LogP contribution in [0.5, 0.6) is 0 Å². The number of carbonyl (C=O) groups excluding carboxylic acids is 1. The van der Waals surface area contributed by atoms with Gasteiger partial charge in [0.15, 0.2) is 0 Å². The lowest BCUT2D eigenvalue weighted by atomic mass is 10.1. The molecule has 0 radical (unpaired) electrons. The van der Waals surface area contributed by atoms with E-state index in [-0.39, 0.29) is 12.5 Å². The summed E-state index contributed by atoms with van der Waals surface area (Å²) in [5.74, 6) is -0.115. The Morgan fingerprint density at radius 3 is 2.35 bits per heavy atom. The highest BCUT2D eigenvalue weighted by atomic mass is 16.4. The number of unbranched alkanes of at least 4 members (excludes halogenated alkanes) is 3. The quantitative estimate of drug-likeness (QED) is 0.471. The Hall–Kier alpha value is -2.08. The molecule has 0 aliphatic heterocycles. The summed E-state index contributed by atoms with van der Waals surface area (Å²) in [5, 5.41) is 17.0. The number of benzene rings is 1. The summed E-state index contributed by atoms with van der Waals surface area (Å²) < 4.78 is 0. The second-order valence-electron chi connectivity index (χ2n) is 5.42. The summed E-state index contributed by atoms with van der Waals surface area (Å²) in [5.41, 5.74) is 1.39. The molecule has 6 nitrogen and oxygen atoms in total. The van der Waals surface area contributed by atoms with Crippen molar-refractivity contribution in [2.24, 2.45) is 0 Å². The van der Waals surface area contributed by atoms with Crippen molar-refractivity contribution >= 4 is 12.0 Å². The molecule has 0 aliphatic carbocycles. The molecule has 0 aromatic heterocycles. The van der Waals surface area contributed by atoms with Crippen LogP contribution in [0.2, 0.25) is 0 Å². The number of hydrogen-bond donors (Lipinski definition) is 4. The van der Waals surface area contributed by atoms with E-state index >= 15 is 0 Å². The average molecular weight is 321 g/mol. The molecule has 128 valence electrons. The molecule has 4 N–H and O–H groups in total. The molecule has 1 aromatic carbocycles. The Kier molecular flexibility index (Phi) is 9.47. The predicted molar refractivity (Wildman–Crippen MR) is 90.7 cm³/mol. The third kappa shape index (κ3) is 8.83. The summed E-state index contributed by atoms with van der Waals surface area (Å²) in [6, 6.07) is 6.90. The van der Waals surface area contributed by atoms with Crippen LogP contribution >= 0.6 is 0 Å². The molecule has 1 aromatic rings. The van der Waals surface area contributed by atoms with E-state index in [9.17, 15) is 9.59 Å². The molecule has 0 atom stereocenters. The predicted octanol–water partition coefficient (Wildman–Crippen LogP) is 2.35. The van der Waals surface area contributed by atoms with Crippen LogP contribution in [0.1, 0.15) is 48.5 Å². The van der Waals surface area contributed by atoms with Crippen LogP contribution in [0.3, 0.4) is 0 Å². The second kappa shape index (κ2) is 11.5. The molecule has 0 heterocycles. The van der Waals surface area contributed by atoms with Crippen molar-refractivity contribution < 1.29 is 14.7 Å². The molecule has 0 spiro atoms. The molecular formula is C17H27N3O3. The molecule has 23 heavy (non-hydrogen) atoms. The molecule has 0 unspecified atom stereocenters. The topological polar surface area (TPSA) is 90.5 Å². The molecule has 1 rings (SSSR count). The van der Waals surface area contributed by atoms with Gasteiger partial charge in [0.1, 0.15) is 0 Å². The SMILES string of the molecule is CCCCCCNCCNC(=O)c1ccc(CNC(=O)O)cc1. The zero-order valence-electron chi connectivity index (χ0n) is 13.7. The third-order valence-electron chi connectivity index (χ3n) is 3.45. The minimum Gasteiger partial charge on any atom is -0.465 e. The van der Waals surface area contributed by atoms with E-state index in [0.29, 0.717) is 12.1 Å². The van der Waals surface area contributed by atoms with E-state index < -0.39 is 6.09 Å². The first kappa shape index (κ1) is 19.0. The number of carbonyl (C=O) groups is 2. The summed E-state index contributed by atoms with van der Waals surface area (Å²) >= 11 is 0. The lowest BCUT2D eigenvalue weighted by Gasteiger charge is -2.08. The van der Waals surface area contributed by atoms with Gasteiger partial charge in [0.25, 0.3) is 5.91 Å². The van der Waals surface area contributed by atoms with Crippen LogP contribution in [-0.4, -0.2) is 36.7 Å². The smallest absolute Gasteiger partial charge is 0.404 e. The third-order valence-corrected chi connectivity index (χ3v) is 3.45. The number of carboxylic acid groups (broad SMARTS) is 1. The van der Waals surface area contributed by atoms with E-state index in [1.165, 1.54) is 25.7 Å². The Labute approximate surface area is 137 Å². The minimum absolute atomic E-state index is 0.115. The van der Waals surface area contributed by atoms with Gasteiger partial charge >= 0.3 is 6.09 Å². The zero-order chi connectivity index (χ0) is 16.9. The molecular weight excluding hydrogens is 294 g/mol. The standard InChI is InChI=1S/C17H27N3O3/c1-2-3-4-5-10-18-11-12-19-16(21)15-8-6-14(7-9-15)13-20-17(22)23/h6-9,18,20H,2-5,10-13H2,1H3,(H,19,21)(H,22,23). The van der Waals surface area contributed by atoms with Gasteiger partial charge in [0, 0.05) is 25.2 Å². The van der Waals surface area contributed by atoms with Crippen LogP contribution < -0.4 is 16.0 Å². The first-order valence-electron chi connectivity index (χ1n) is 8.18. The summed E-state index contributed by atoms with van der Waals surface area (Å²) in [6.07, 6.45) is 3.87. The van der Waals surface area contributed by atoms with Crippen molar-refractivity contribution in [3.8, 4) is 0 Å². The second-order valence-corrected chi connectivity index (χ2v) is 5.42. The highest BCUT2D eigenvalue weighted by molar-refractivity contribution is 5.94. The fourth-order valence-corrected chi connectivity index (χ4v) is 2.12. The van der Waals surface area contributed by atoms with Gasteiger partial charge in [-0.25, -0.2) is 4.79 Å². The van der Waals surface area contributed by atoms with Crippen LogP contribution in [0.15, 0.2) is 24.3 Å². The van der Waals surface area contributed by atoms with Gasteiger partial charge in [0.2, 0.25) is 0 Å². The first-order chi connectivity index (χ1) is 11.1. The Morgan fingerprint density at radius 2 is 1.70 bits per heavy atom. The molecule has 0 bridgehead atoms. The molecule has 0 saturated carbocycles. The van der Waals surface area contributed by atoms with Gasteiger partial charge in [-0.15, -0.1) is 0 Å². The van der Waals surface area contributed by atoms with Crippen molar-refractivity contribution in [3.63, 3.8) is 0 Å². The Morgan fingerprint density at radius 1 is 0.957 bits per heavy atom. The Bertz CT molecular complexity index is 474. The maximum atomic E-state index is 11.9. The van der Waals surface area contributed by atoms with E-state index in [1.54, 1.807) is 24.3 Å². The van der Waals surface area contributed by atoms with Gasteiger partial charge in [-0.05, 0) is 30.7 Å². The number of nitrogens with one attached hydrogen (secondary N) is 3. The molecule has 0 aliphatic rings. The van der Waals surface area contributed by atoms with E-state index in [2.05, 4.69) is 22.9 Å². The summed E-state index contributed by atoms with van der Waals surface area (Å²) in [7, 11) is 0. The molecule has 6 heteroatoms. The fourth-order valence-electron chi connectivity index (χ4n) is 2.12. The fraction of sp³-hybridized carbons (Fsp3) is 0.529. The lowest BCUT2D eigenvalue weighted by molar-refractivity contribution is 0.0954. The maximum absolute atomic E-state index is 11.9. The van der Waals surface area contributed by atoms with E-state index in [1.807, 2.05) is 0 Å². The van der Waals surface area contributed by atoms with Gasteiger partial charge < -0.3 is 21.1 Å². The van der Waals surface area contributed by atoms with Crippen molar-refractivity contribution in [2.45, 2.75) is 39.2 Å². The number of amides is 2. The van der Waals surface area contributed by atoms with Gasteiger partial charge in [-0.3, -0.25) is 4.79 Å². The highest BCUT2D eigenvalue weighted by Crippen LogP contribution is 2.04. The minimum atomic E-state index is -1.06. The highest BCUT2D eigenvalue weighted by Gasteiger charge is 2.04. The lowest BCUT2D eigenvalue weighted by Crippen LogP contribution is -2.32. The zero-order valence-corrected chi connectivity index (χ0v) is 13.7. The molecule has 0 saturated heterocycles. The monoisotopic (exact) mass is 321 g/mol. The normalized spacial score (nSPS) is 10.3. The van der Waals surface area contributed by atoms with Crippen molar-refractivity contribution in [1.29, 1.82) is 0 Å². The van der Waals surface area contributed by atoms with Crippen LogP contribution in [0.4, 0.5) is 4.79 Å². The first-order valence-corrected chi connectivity index (χ1v) is 8.18. The van der Waals surface area contributed by atoms with E-state index in [4.69, 9.17) is 5.11 Å². The number of rotatable bonds is 11. The van der Waals surface area contributed by atoms with Crippen molar-refractivity contribution in [1.82, 2.24) is 16.0 Å². The van der Waals surface area contributed by atoms with E-state index in [0.717, 1.165) is 18.7 Å². The summed E-state index contributed by atoms with van der Waals surface area (Å²) in [4.78, 5) is 22.4. The number of hydrogen-bond acceptors (Lipinski definition) is 3. The van der Waals surface area contributed by atoms with Crippen LogP contribution in [-0.2, 0) is 6.54 Å². The van der Waals surface area contributed by atoms with Crippen LogP contribution in [0.25, 0.3) is 0 Å². The van der Waals surface area contributed by atoms with Crippen LogP contribution in [0, 0.1) is 0 Å².